The van der Waals surface area contributed by atoms with E-state index < -0.39 is 0 Å². The van der Waals surface area contributed by atoms with Crippen molar-refractivity contribution in [1.82, 2.24) is 4.90 Å². The Morgan fingerprint density at radius 1 is 1.15 bits per heavy atom. The van der Waals surface area contributed by atoms with Crippen LogP contribution in [0.1, 0.15) is 51.9 Å². The van der Waals surface area contributed by atoms with Crippen LogP contribution in [0.25, 0.3) is 0 Å². The molecule has 3 rings (SSSR count). The summed E-state index contributed by atoms with van der Waals surface area (Å²) in [5.74, 6) is 1.67. The zero-order valence-electron chi connectivity index (χ0n) is 12.9. The summed E-state index contributed by atoms with van der Waals surface area (Å²) in [6.45, 7) is 4.30. The normalized spacial score (nSPS) is 43.4. The molecular formula is C17H27NO2. The van der Waals surface area contributed by atoms with Gasteiger partial charge < -0.3 is 4.90 Å². The lowest BCUT2D eigenvalue weighted by Crippen LogP contribution is -2.45. The standard InChI is InChI=1S/C17H27NO2/c1-12-9-13-11-15(19)14-5-3-7-18(2)8-4-6-17(13,14)16(20)10-12/h12-14H,3-11H2,1-2H3/t12-,13+,14+,17+/m1/s1. The molecule has 112 valence electrons. The molecule has 3 aliphatic rings. The van der Waals surface area contributed by atoms with Crippen LogP contribution in [0.2, 0.25) is 0 Å². The molecule has 3 nitrogen and oxygen atoms in total. The maximum atomic E-state index is 12.9. The molecule has 1 saturated heterocycles. The van der Waals surface area contributed by atoms with Gasteiger partial charge in [0.05, 0.1) is 0 Å². The van der Waals surface area contributed by atoms with E-state index in [2.05, 4.69) is 18.9 Å². The fourth-order valence-corrected chi connectivity index (χ4v) is 5.19. The van der Waals surface area contributed by atoms with Gasteiger partial charge in [0.2, 0.25) is 0 Å². The number of hydrogen-bond donors (Lipinski definition) is 0. The zero-order chi connectivity index (χ0) is 14.3. The predicted octanol–water partition coefficient (Wildman–Crippen LogP) is 2.68. The minimum atomic E-state index is -0.269. The summed E-state index contributed by atoms with van der Waals surface area (Å²) >= 11 is 0. The molecule has 4 atom stereocenters. The van der Waals surface area contributed by atoms with E-state index in [0.717, 1.165) is 45.2 Å². The Hall–Kier alpha value is -0.700. The maximum absolute atomic E-state index is 12.9. The predicted molar refractivity (Wildman–Crippen MR) is 78.4 cm³/mol. The molecule has 3 heteroatoms. The van der Waals surface area contributed by atoms with Crippen LogP contribution in [0.5, 0.6) is 0 Å². The van der Waals surface area contributed by atoms with E-state index in [9.17, 15) is 9.59 Å². The fraction of sp³-hybridized carbons (Fsp3) is 0.882. The van der Waals surface area contributed by atoms with Gasteiger partial charge >= 0.3 is 0 Å². The van der Waals surface area contributed by atoms with Crippen LogP contribution in [-0.2, 0) is 9.59 Å². The van der Waals surface area contributed by atoms with Crippen molar-refractivity contribution >= 4 is 11.6 Å². The molecule has 20 heavy (non-hydrogen) atoms. The number of hydrogen-bond acceptors (Lipinski definition) is 3. The van der Waals surface area contributed by atoms with Gasteiger partial charge in [0.15, 0.2) is 0 Å². The molecule has 0 aromatic heterocycles. The summed E-state index contributed by atoms with van der Waals surface area (Å²) < 4.78 is 0. The first kappa shape index (κ1) is 14.2. The van der Waals surface area contributed by atoms with Crippen molar-refractivity contribution in [2.45, 2.75) is 51.9 Å². The first-order valence-electron chi connectivity index (χ1n) is 8.28. The zero-order valence-corrected chi connectivity index (χ0v) is 12.9. The lowest BCUT2D eigenvalue weighted by Gasteiger charge is -2.43. The van der Waals surface area contributed by atoms with Crippen LogP contribution in [-0.4, -0.2) is 36.6 Å². The summed E-state index contributed by atoms with van der Waals surface area (Å²) in [5, 5.41) is 0. The molecule has 0 bridgehead atoms. The number of Topliss-reactive ketones (excluding diaryl/α,β-unsaturated/α-hetero) is 2. The number of nitrogens with zero attached hydrogens (tertiary/aromatic N) is 1. The van der Waals surface area contributed by atoms with E-state index in [0.29, 0.717) is 36.2 Å². The Kier molecular flexibility index (Phi) is 3.74. The van der Waals surface area contributed by atoms with Crippen molar-refractivity contribution in [1.29, 1.82) is 0 Å². The monoisotopic (exact) mass is 277 g/mol. The minimum Gasteiger partial charge on any atom is -0.306 e. The van der Waals surface area contributed by atoms with E-state index >= 15 is 0 Å². The number of carbonyl (C=O) groups is 2. The van der Waals surface area contributed by atoms with Gasteiger partial charge in [-0.15, -0.1) is 0 Å². The van der Waals surface area contributed by atoms with Crippen LogP contribution in [0.3, 0.4) is 0 Å². The van der Waals surface area contributed by atoms with Gasteiger partial charge in [-0.05, 0) is 64.1 Å². The molecule has 2 aliphatic carbocycles. The topological polar surface area (TPSA) is 37.4 Å². The summed E-state index contributed by atoms with van der Waals surface area (Å²) in [7, 11) is 2.16. The SMILES string of the molecule is C[C@H]1CC(=O)[C@]23CCCN(C)CCC[C@H]2C(=O)C[C@@H]3C1. The minimum absolute atomic E-state index is 0.0407. The van der Waals surface area contributed by atoms with Gasteiger partial charge in [0, 0.05) is 24.2 Å². The van der Waals surface area contributed by atoms with Crippen LogP contribution in [0.4, 0.5) is 0 Å². The Morgan fingerprint density at radius 3 is 2.70 bits per heavy atom. The van der Waals surface area contributed by atoms with Crippen molar-refractivity contribution < 1.29 is 9.59 Å². The molecule has 0 aromatic rings. The van der Waals surface area contributed by atoms with Crippen molar-refractivity contribution in [3.05, 3.63) is 0 Å². The molecular weight excluding hydrogens is 250 g/mol. The van der Waals surface area contributed by atoms with Crippen LogP contribution in [0.15, 0.2) is 0 Å². The van der Waals surface area contributed by atoms with Crippen LogP contribution in [0, 0.1) is 23.2 Å². The second-order valence-corrected chi connectivity index (χ2v) is 7.48. The quantitative estimate of drug-likeness (QED) is 0.683. The second-order valence-electron chi connectivity index (χ2n) is 7.48. The van der Waals surface area contributed by atoms with E-state index in [-0.39, 0.29) is 11.3 Å². The lowest BCUT2D eigenvalue weighted by molar-refractivity contribution is -0.142. The molecule has 1 spiro atoms. The summed E-state index contributed by atoms with van der Waals surface area (Å²) in [6, 6.07) is 0. The third kappa shape index (κ3) is 2.14. The Bertz CT molecular complexity index is 419. The van der Waals surface area contributed by atoms with Gasteiger partial charge in [0.1, 0.15) is 11.6 Å². The number of carbonyl (C=O) groups excluding carboxylic acids is 2. The van der Waals surface area contributed by atoms with Gasteiger partial charge in [0.25, 0.3) is 0 Å². The Balaban J connectivity index is 1.93. The lowest BCUT2D eigenvalue weighted by atomic mass is 9.58. The van der Waals surface area contributed by atoms with E-state index in [1.807, 2.05) is 0 Å². The molecule has 3 fully saturated rings. The highest BCUT2D eigenvalue weighted by Crippen LogP contribution is 2.57. The molecule has 0 unspecified atom stereocenters. The highest BCUT2D eigenvalue weighted by Gasteiger charge is 2.59. The van der Waals surface area contributed by atoms with E-state index in [4.69, 9.17) is 0 Å². The number of rotatable bonds is 0. The highest BCUT2D eigenvalue weighted by molar-refractivity contribution is 5.97. The second kappa shape index (κ2) is 5.25. The molecule has 1 heterocycles. The molecule has 2 saturated carbocycles. The van der Waals surface area contributed by atoms with Crippen molar-refractivity contribution in [3.8, 4) is 0 Å². The van der Waals surface area contributed by atoms with Crippen molar-refractivity contribution in [2.24, 2.45) is 23.2 Å². The smallest absolute Gasteiger partial charge is 0.140 e. The largest absolute Gasteiger partial charge is 0.306 e. The third-order valence-corrected chi connectivity index (χ3v) is 6.09. The molecule has 1 aliphatic heterocycles. The van der Waals surface area contributed by atoms with Gasteiger partial charge in [-0.1, -0.05) is 6.92 Å². The van der Waals surface area contributed by atoms with Gasteiger partial charge in [-0.3, -0.25) is 9.59 Å². The van der Waals surface area contributed by atoms with Crippen LogP contribution < -0.4 is 0 Å². The van der Waals surface area contributed by atoms with Gasteiger partial charge in [-0.25, -0.2) is 0 Å². The number of ketones is 2. The third-order valence-electron chi connectivity index (χ3n) is 6.09. The Labute approximate surface area is 122 Å². The van der Waals surface area contributed by atoms with Crippen LogP contribution >= 0.6 is 0 Å². The first-order chi connectivity index (χ1) is 9.54. The highest BCUT2D eigenvalue weighted by atomic mass is 16.1. The summed E-state index contributed by atoms with van der Waals surface area (Å²) in [4.78, 5) is 27.8. The summed E-state index contributed by atoms with van der Waals surface area (Å²) in [5.41, 5.74) is -0.269. The fourth-order valence-electron chi connectivity index (χ4n) is 5.19. The van der Waals surface area contributed by atoms with E-state index in [1.165, 1.54) is 0 Å². The van der Waals surface area contributed by atoms with Gasteiger partial charge in [-0.2, -0.15) is 0 Å². The molecule has 0 amide bonds. The first-order valence-corrected chi connectivity index (χ1v) is 8.28. The van der Waals surface area contributed by atoms with Crippen molar-refractivity contribution in [2.75, 3.05) is 20.1 Å². The maximum Gasteiger partial charge on any atom is 0.140 e. The van der Waals surface area contributed by atoms with Crippen molar-refractivity contribution in [3.63, 3.8) is 0 Å². The average Bonchev–Trinajstić information content (AvgIpc) is 2.67. The Morgan fingerprint density at radius 2 is 1.90 bits per heavy atom. The molecule has 0 N–H and O–H groups in total. The average molecular weight is 277 g/mol. The summed E-state index contributed by atoms with van der Waals surface area (Å²) in [6.07, 6.45) is 6.47. The van der Waals surface area contributed by atoms with E-state index in [1.54, 1.807) is 0 Å². The molecule has 0 aromatic carbocycles. The molecule has 0 radical (unpaired) electrons.